The number of piperidine rings is 1. The topological polar surface area (TPSA) is 114 Å². The molecule has 182 valence electrons. The van der Waals surface area contributed by atoms with Gasteiger partial charge in [-0.1, -0.05) is 0 Å². The molecule has 1 fully saturated rings. The van der Waals surface area contributed by atoms with E-state index < -0.39 is 47.7 Å². The first kappa shape index (κ1) is 23.7. The summed E-state index contributed by atoms with van der Waals surface area (Å²) >= 11 is 0. The first-order chi connectivity index (χ1) is 15.8. The number of ether oxygens (including phenoxy) is 1. The fourth-order valence-corrected chi connectivity index (χ4v) is 4.34. The number of benzene rings is 1. The Balaban J connectivity index is 1.54. The van der Waals surface area contributed by atoms with E-state index >= 15 is 0 Å². The molecular weight excluding hydrogens is 472 g/mol. The number of nitriles is 1. The highest BCUT2D eigenvalue weighted by Crippen LogP contribution is 2.50. The second-order valence-corrected chi connectivity index (χ2v) is 8.05. The van der Waals surface area contributed by atoms with Crippen molar-refractivity contribution in [2.45, 2.75) is 43.3 Å². The molecular formula is C20H17F6N5O3. The number of hydrogen-bond donors (Lipinski definition) is 3. The third-order valence-electron chi connectivity index (χ3n) is 5.93. The SMILES string of the molecule is N#Cc1cc(N2CCC(c3[nH]nc4c3C(O)(C(F)(F)F)CC(=O)N4)CC2)ccc1OC(F)(F)F. The minimum Gasteiger partial charge on any atom is -0.404 e. The van der Waals surface area contributed by atoms with Crippen LogP contribution in [0.1, 0.15) is 42.0 Å². The number of amides is 1. The molecule has 0 saturated carbocycles. The van der Waals surface area contributed by atoms with Crippen LogP contribution in [0.4, 0.5) is 37.8 Å². The van der Waals surface area contributed by atoms with Crippen molar-refractivity contribution in [3.05, 3.63) is 35.0 Å². The number of hydrogen-bond acceptors (Lipinski definition) is 6. The zero-order valence-electron chi connectivity index (χ0n) is 17.2. The fraction of sp³-hybridized carbons (Fsp3) is 0.450. The van der Waals surface area contributed by atoms with Gasteiger partial charge in [0.2, 0.25) is 5.91 Å². The summed E-state index contributed by atoms with van der Waals surface area (Å²) in [5, 5.41) is 28.2. The van der Waals surface area contributed by atoms with Gasteiger partial charge in [-0.05, 0) is 31.0 Å². The molecule has 1 atom stereocenters. The van der Waals surface area contributed by atoms with Crippen molar-refractivity contribution in [3.63, 3.8) is 0 Å². The van der Waals surface area contributed by atoms with Gasteiger partial charge in [0.05, 0.1) is 17.5 Å². The Morgan fingerprint density at radius 3 is 2.47 bits per heavy atom. The molecule has 1 amide bonds. The summed E-state index contributed by atoms with van der Waals surface area (Å²) in [5.74, 6) is -2.47. The first-order valence-electron chi connectivity index (χ1n) is 10.0. The molecule has 2 aliphatic heterocycles. The van der Waals surface area contributed by atoms with Crippen molar-refractivity contribution in [3.8, 4) is 11.8 Å². The molecule has 0 aliphatic carbocycles. The smallest absolute Gasteiger partial charge is 0.404 e. The van der Waals surface area contributed by atoms with Crippen LogP contribution in [0.3, 0.4) is 0 Å². The number of fused-ring (bicyclic) bond motifs is 1. The van der Waals surface area contributed by atoms with Crippen LogP contribution < -0.4 is 15.0 Å². The van der Waals surface area contributed by atoms with Gasteiger partial charge in [0.15, 0.2) is 11.4 Å². The summed E-state index contributed by atoms with van der Waals surface area (Å²) in [6, 6.07) is 5.30. The Hall–Kier alpha value is -3.47. The minimum atomic E-state index is -5.10. The summed E-state index contributed by atoms with van der Waals surface area (Å²) in [6.07, 6.45) is -10.6. The summed E-state index contributed by atoms with van der Waals surface area (Å²) in [4.78, 5) is 13.5. The van der Waals surface area contributed by atoms with Crippen molar-refractivity contribution in [2.75, 3.05) is 23.3 Å². The highest BCUT2D eigenvalue weighted by atomic mass is 19.4. The number of aromatic amines is 1. The molecule has 4 rings (SSSR count). The molecule has 8 nitrogen and oxygen atoms in total. The lowest BCUT2D eigenvalue weighted by Crippen LogP contribution is -2.48. The van der Waals surface area contributed by atoms with E-state index in [1.165, 1.54) is 12.1 Å². The number of nitrogens with zero attached hydrogens (tertiary/aromatic N) is 3. The van der Waals surface area contributed by atoms with Crippen LogP contribution in [0.5, 0.6) is 5.75 Å². The van der Waals surface area contributed by atoms with Crippen LogP contribution in [0.2, 0.25) is 0 Å². The number of carbonyl (C=O) groups is 1. The van der Waals surface area contributed by atoms with E-state index in [0.717, 1.165) is 6.07 Å². The van der Waals surface area contributed by atoms with Crippen molar-refractivity contribution >= 4 is 17.4 Å². The van der Waals surface area contributed by atoms with E-state index in [2.05, 4.69) is 20.3 Å². The van der Waals surface area contributed by atoms with Crippen molar-refractivity contribution < 1.29 is 41.0 Å². The Morgan fingerprint density at radius 2 is 1.88 bits per heavy atom. The van der Waals surface area contributed by atoms with E-state index in [1.807, 2.05) is 0 Å². The van der Waals surface area contributed by atoms with Crippen LogP contribution in [-0.4, -0.2) is 46.8 Å². The third-order valence-corrected chi connectivity index (χ3v) is 5.93. The van der Waals surface area contributed by atoms with E-state index in [1.54, 1.807) is 11.0 Å². The highest BCUT2D eigenvalue weighted by molar-refractivity contribution is 5.94. The molecule has 1 aromatic carbocycles. The number of aromatic nitrogens is 2. The first-order valence-corrected chi connectivity index (χ1v) is 10.0. The maximum absolute atomic E-state index is 13.7. The van der Waals surface area contributed by atoms with Crippen molar-refractivity contribution in [2.24, 2.45) is 0 Å². The predicted octanol–water partition coefficient (Wildman–Crippen LogP) is 3.66. The number of aliphatic hydroxyl groups is 1. The number of halogens is 6. The number of rotatable bonds is 3. The summed E-state index contributed by atoms with van der Waals surface area (Å²) in [5.41, 5.74) is -3.67. The zero-order valence-corrected chi connectivity index (χ0v) is 17.2. The second-order valence-electron chi connectivity index (χ2n) is 8.05. The molecule has 2 aromatic rings. The minimum absolute atomic E-state index is 0.0705. The standard InChI is InChI=1S/C20H17F6N5O3/c21-19(22,23)18(33)8-14(32)28-17-15(18)16(29-30-17)10-3-5-31(6-4-10)12-1-2-13(11(7-12)9-27)34-20(24,25)26/h1-2,7,10,33H,3-6,8H2,(H2,28,29,30,32). The Kier molecular flexibility index (Phi) is 5.63. The normalized spacial score (nSPS) is 21.6. The number of H-pyrrole nitrogens is 1. The Bertz CT molecular complexity index is 1150. The quantitative estimate of drug-likeness (QED) is 0.568. The number of nitrogens with one attached hydrogen (secondary N) is 2. The largest absolute Gasteiger partial charge is 0.573 e. The Labute approximate surface area is 188 Å². The third kappa shape index (κ3) is 4.23. The number of carbonyl (C=O) groups excluding carboxylic acids is 1. The molecule has 0 bridgehead atoms. The average molecular weight is 489 g/mol. The molecule has 1 saturated heterocycles. The predicted molar refractivity (Wildman–Crippen MR) is 104 cm³/mol. The summed E-state index contributed by atoms with van der Waals surface area (Å²) in [6.45, 7) is 0.610. The molecule has 1 aromatic heterocycles. The lowest BCUT2D eigenvalue weighted by molar-refractivity contribution is -0.274. The second kappa shape index (κ2) is 8.08. The summed E-state index contributed by atoms with van der Waals surface area (Å²) in [7, 11) is 0. The fourth-order valence-electron chi connectivity index (χ4n) is 4.34. The molecule has 14 heteroatoms. The molecule has 0 spiro atoms. The van der Waals surface area contributed by atoms with Gasteiger partial charge < -0.3 is 20.1 Å². The van der Waals surface area contributed by atoms with Gasteiger partial charge in [-0.3, -0.25) is 9.89 Å². The van der Waals surface area contributed by atoms with E-state index in [-0.39, 0.29) is 17.1 Å². The number of anilines is 2. The highest BCUT2D eigenvalue weighted by Gasteiger charge is 2.61. The molecule has 2 aliphatic rings. The Morgan fingerprint density at radius 1 is 1.21 bits per heavy atom. The lowest BCUT2D eigenvalue weighted by Gasteiger charge is -2.37. The zero-order chi connectivity index (χ0) is 24.9. The number of alkyl halides is 6. The van der Waals surface area contributed by atoms with Gasteiger partial charge in [0, 0.05) is 30.4 Å². The van der Waals surface area contributed by atoms with Gasteiger partial charge in [-0.25, -0.2) is 0 Å². The monoisotopic (exact) mass is 489 g/mol. The van der Waals surface area contributed by atoms with Crippen LogP contribution in [0, 0.1) is 11.3 Å². The van der Waals surface area contributed by atoms with E-state index in [0.29, 0.717) is 31.6 Å². The molecule has 3 heterocycles. The van der Waals surface area contributed by atoms with Gasteiger partial charge in [0.1, 0.15) is 11.8 Å². The van der Waals surface area contributed by atoms with E-state index in [4.69, 9.17) is 0 Å². The van der Waals surface area contributed by atoms with Crippen LogP contribution >= 0.6 is 0 Å². The maximum atomic E-state index is 13.7. The summed E-state index contributed by atoms with van der Waals surface area (Å²) < 4.78 is 82.5. The lowest BCUT2D eigenvalue weighted by atomic mass is 9.81. The van der Waals surface area contributed by atoms with Crippen LogP contribution in [-0.2, 0) is 10.4 Å². The van der Waals surface area contributed by atoms with Crippen LogP contribution in [0.25, 0.3) is 0 Å². The average Bonchev–Trinajstić information content (AvgIpc) is 3.17. The van der Waals surface area contributed by atoms with Gasteiger partial charge >= 0.3 is 12.5 Å². The van der Waals surface area contributed by atoms with Gasteiger partial charge in [0.25, 0.3) is 0 Å². The molecule has 1 unspecified atom stereocenters. The molecule has 0 radical (unpaired) electrons. The molecule has 3 N–H and O–H groups in total. The van der Waals surface area contributed by atoms with Crippen molar-refractivity contribution in [1.82, 2.24) is 10.2 Å². The molecule has 34 heavy (non-hydrogen) atoms. The van der Waals surface area contributed by atoms with Gasteiger partial charge in [-0.2, -0.15) is 23.5 Å². The maximum Gasteiger partial charge on any atom is 0.573 e. The van der Waals surface area contributed by atoms with Crippen molar-refractivity contribution in [1.29, 1.82) is 5.26 Å². The van der Waals surface area contributed by atoms with E-state index in [9.17, 15) is 41.5 Å². The van der Waals surface area contributed by atoms with Gasteiger partial charge in [-0.15, -0.1) is 13.2 Å². The van der Waals surface area contributed by atoms with Crippen LogP contribution in [0.15, 0.2) is 18.2 Å².